The summed E-state index contributed by atoms with van der Waals surface area (Å²) in [4.78, 5) is 24.0. The van der Waals surface area contributed by atoms with E-state index in [0.717, 1.165) is 23.0 Å². The van der Waals surface area contributed by atoms with Gasteiger partial charge in [-0.2, -0.15) is 23.5 Å². The summed E-state index contributed by atoms with van der Waals surface area (Å²) in [6.45, 7) is 2.11. The van der Waals surface area contributed by atoms with Gasteiger partial charge in [0.2, 0.25) is 0 Å². The predicted molar refractivity (Wildman–Crippen MR) is 92.7 cm³/mol. The lowest BCUT2D eigenvalue weighted by Gasteiger charge is -2.33. The molecule has 1 heterocycles. The molecule has 0 radical (unpaired) electrons. The summed E-state index contributed by atoms with van der Waals surface area (Å²) in [5.74, 6) is 2.27. The Hall–Kier alpha value is -1.14. The largest absolute Gasteiger partial charge is 0.480 e. The number of rotatable bonds is 6. The molecule has 2 rings (SSSR count). The number of benzene rings is 1. The van der Waals surface area contributed by atoms with Crippen LogP contribution in [0.4, 0.5) is 0 Å². The summed E-state index contributed by atoms with van der Waals surface area (Å²) < 4.78 is 0. The van der Waals surface area contributed by atoms with Crippen molar-refractivity contribution >= 4 is 35.4 Å². The van der Waals surface area contributed by atoms with Crippen LogP contribution in [0, 0.1) is 0 Å². The zero-order chi connectivity index (χ0) is 16.0. The summed E-state index contributed by atoms with van der Waals surface area (Å²) >= 11 is 3.56. The topological polar surface area (TPSA) is 66.4 Å². The molecular formula is C16H21NO3S2. The average Bonchev–Trinajstić information content (AvgIpc) is 2.54. The fraction of sp³-hybridized carbons (Fsp3) is 0.500. The van der Waals surface area contributed by atoms with Crippen LogP contribution < -0.4 is 5.32 Å². The minimum atomic E-state index is -1.11. The van der Waals surface area contributed by atoms with Crippen LogP contribution >= 0.6 is 23.5 Å². The van der Waals surface area contributed by atoms with E-state index in [1.54, 1.807) is 23.9 Å². The summed E-state index contributed by atoms with van der Waals surface area (Å²) in [7, 11) is 0. The van der Waals surface area contributed by atoms with E-state index < -0.39 is 11.5 Å². The molecule has 0 unspecified atom stereocenters. The molecule has 2 N–H and O–H groups in total. The molecule has 0 aromatic heterocycles. The molecule has 120 valence electrons. The second-order valence-corrected chi connectivity index (χ2v) is 7.79. The maximum Gasteiger partial charge on any atom is 0.329 e. The predicted octanol–water partition coefficient (Wildman–Crippen LogP) is 3.02. The Kier molecular flexibility index (Phi) is 6.20. The third-order valence-electron chi connectivity index (χ3n) is 3.80. The van der Waals surface area contributed by atoms with Gasteiger partial charge in [-0.25, -0.2) is 4.79 Å². The summed E-state index contributed by atoms with van der Waals surface area (Å²) in [6.07, 6.45) is 0.952. The molecule has 1 fully saturated rings. The summed E-state index contributed by atoms with van der Waals surface area (Å²) in [5, 5.41) is 12.3. The molecule has 1 aliphatic heterocycles. The molecule has 4 nitrogen and oxygen atoms in total. The number of carbonyl (C=O) groups excluding carboxylic acids is 1. The number of carboxylic acid groups (broad SMARTS) is 1. The van der Waals surface area contributed by atoms with Crippen molar-refractivity contribution in [2.24, 2.45) is 0 Å². The van der Waals surface area contributed by atoms with Crippen LogP contribution in [0.2, 0.25) is 0 Å². The number of carboxylic acids is 1. The van der Waals surface area contributed by atoms with Crippen LogP contribution in [0.5, 0.6) is 0 Å². The molecule has 1 aromatic rings. The standard InChI is InChI=1S/C16H21NO3S2/c1-2-21-11-12-3-5-13(6-4-12)14(18)17-16(15(19)20)7-9-22-10-8-16/h3-6H,2,7-11H2,1H3,(H,17,18)(H,19,20). The smallest absolute Gasteiger partial charge is 0.329 e. The number of hydrogen-bond donors (Lipinski definition) is 2. The molecule has 22 heavy (non-hydrogen) atoms. The second-order valence-electron chi connectivity index (χ2n) is 5.29. The normalized spacial score (nSPS) is 17.0. The molecule has 6 heteroatoms. The van der Waals surface area contributed by atoms with Crippen molar-refractivity contribution in [1.29, 1.82) is 0 Å². The van der Waals surface area contributed by atoms with Gasteiger partial charge in [0.25, 0.3) is 5.91 Å². The van der Waals surface area contributed by atoms with Gasteiger partial charge in [0.05, 0.1) is 0 Å². The molecule has 1 amide bonds. The average molecular weight is 339 g/mol. The summed E-state index contributed by atoms with van der Waals surface area (Å²) in [6, 6.07) is 7.41. The van der Waals surface area contributed by atoms with E-state index in [4.69, 9.17) is 0 Å². The number of amides is 1. The second kappa shape index (κ2) is 7.92. The molecule has 0 bridgehead atoms. The van der Waals surface area contributed by atoms with Gasteiger partial charge in [0, 0.05) is 11.3 Å². The molecule has 0 atom stereocenters. The van der Waals surface area contributed by atoms with E-state index in [-0.39, 0.29) is 5.91 Å². The Morgan fingerprint density at radius 1 is 1.27 bits per heavy atom. The monoisotopic (exact) mass is 339 g/mol. The zero-order valence-corrected chi connectivity index (χ0v) is 14.3. The van der Waals surface area contributed by atoms with Gasteiger partial charge < -0.3 is 10.4 Å². The SMILES string of the molecule is CCSCc1ccc(C(=O)NC2(C(=O)O)CCSCC2)cc1. The van der Waals surface area contributed by atoms with E-state index in [0.29, 0.717) is 18.4 Å². The minimum absolute atomic E-state index is 0.302. The number of aliphatic carboxylic acids is 1. The highest BCUT2D eigenvalue weighted by Gasteiger charge is 2.41. The van der Waals surface area contributed by atoms with E-state index in [9.17, 15) is 14.7 Å². The van der Waals surface area contributed by atoms with Crippen molar-refractivity contribution in [2.45, 2.75) is 31.1 Å². The van der Waals surface area contributed by atoms with Gasteiger partial charge in [-0.3, -0.25) is 4.79 Å². The minimum Gasteiger partial charge on any atom is -0.480 e. The van der Waals surface area contributed by atoms with E-state index in [1.165, 1.54) is 5.56 Å². The lowest BCUT2D eigenvalue weighted by atomic mass is 9.92. The van der Waals surface area contributed by atoms with Crippen molar-refractivity contribution < 1.29 is 14.7 Å². The van der Waals surface area contributed by atoms with Gasteiger partial charge in [-0.15, -0.1) is 0 Å². The highest BCUT2D eigenvalue weighted by molar-refractivity contribution is 7.99. The van der Waals surface area contributed by atoms with Crippen molar-refractivity contribution in [3.05, 3.63) is 35.4 Å². The Bertz CT molecular complexity index is 525. The number of carbonyl (C=O) groups is 2. The first-order valence-corrected chi connectivity index (χ1v) is 9.69. The molecule has 0 saturated carbocycles. The zero-order valence-electron chi connectivity index (χ0n) is 12.6. The van der Waals surface area contributed by atoms with Gasteiger partial charge in [-0.05, 0) is 47.8 Å². The Morgan fingerprint density at radius 2 is 1.91 bits per heavy atom. The molecule has 0 spiro atoms. The van der Waals surface area contributed by atoms with Crippen LogP contribution in [0.25, 0.3) is 0 Å². The van der Waals surface area contributed by atoms with Crippen molar-refractivity contribution in [1.82, 2.24) is 5.32 Å². The Labute approximate surface area is 139 Å². The van der Waals surface area contributed by atoms with Crippen LogP contribution in [0.1, 0.15) is 35.7 Å². The molecular weight excluding hydrogens is 318 g/mol. The first-order valence-electron chi connectivity index (χ1n) is 7.38. The van der Waals surface area contributed by atoms with Crippen molar-refractivity contribution in [3.8, 4) is 0 Å². The van der Waals surface area contributed by atoms with Crippen molar-refractivity contribution in [3.63, 3.8) is 0 Å². The lowest BCUT2D eigenvalue weighted by molar-refractivity contribution is -0.144. The van der Waals surface area contributed by atoms with E-state index >= 15 is 0 Å². The third kappa shape index (κ3) is 4.20. The number of hydrogen-bond acceptors (Lipinski definition) is 4. The molecule has 0 aliphatic carbocycles. The van der Waals surface area contributed by atoms with Crippen molar-refractivity contribution in [2.75, 3.05) is 17.3 Å². The fourth-order valence-electron chi connectivity index (χ4n) is 2.37. The Balaban J connectivity index is 2.05. The third-order valence-corrected chi connectivity index (χ3v) is 5.73. The quantitative estimate of drug-likeness (QED) is 0.834. The first-order chi connectivity index (χ1) is 10.6. The lowest BCUT2D eigenvalue weighted by Crippen LogP contribution is -2.56. The highest BCUT2D eigenvalue weighted by atomic mass is 32.2. The van der Waals surface area contributed by atoms with Crippen LogP contribution in [-0.4, -0.2) is 39.8 Å². The molecule has 1 saturated heterocycles. The fourth-order valence-corrected chi connectivity index (χ4v) is 4.20. The van der Waals surface area contributed by atoms with Gasteiger partial charge >= 0.3 is 5.97 Å². The maximum absolute atomic E-state index is 12.4. The molecule has 1 aromatic carbocycles. The maximum atomic E-state index is 12.4. The van der Waals surface area contributed by atoms with Crippen LogP contribution in [0.15, 0.2) is 24.3 Å². The number of nitrogens with one attached hydrogen (secondary N) is 1. The first kappa shape index (κ1) is 17.2. The van der Waals surface area contributed by atoms with Crippen LogP contribution in [0.3, 0.4) is 0 Å². The number of thioether (sulfide) groups is 2. The molecule has 1 aliphatic rings. The van der Waals surface area contributed by atoms with E-state index in [1.807, 2.05) is 23.9 Å². The van der Waals surface area contributed by atoms with E-state index in [2.05, 4.69) is 12.2 Å². The highest BCUT2D eigenvalue weighted by Crippen LogP contribution is 2.28. The van der Waals surface area contributed by atoms with Gasteiger partial charge in [0.1, 0.15) is 5.54 Å². The summed E-state index contributed by atoms with van der Waals surface area (Å²) in [5.41, 5.74) is 0.577. The van der Waals surface area contributed by atoms with Crippen LogP contribution in [-0.2, 0) is 10.5 Å². The van der Waals surface area contributed by atoms with Gasteiger partial charge in [-0.1, -0.05) is 19.1 Å². The van der Waals surface area contributed by atoms with Gasteiger partial charge in [0.15, 0.2) is 0 Å². The Morgan fingerprint density at radius 3 is 2.45 bits per heavy atom.